The van der Waals surface area contributed by atoms with Crippen LogP contribution in [0.2, 0.25) is 0 Å². The highest BCUT2D eigenvalue weighted by Gasteiger charge is 2.13. The molecule has 0 atom stereocenters. The molecule has 0 saturated carbocycles. The lowest BCUT2D eigenvalue weighted by atomic mass is 10.2. The van der Waals surface area contributed by atoms with Crippen molar-refractivity contribution in [2.75, 3.05) is 6.61 Å². The van der Waals surface area contributed by atoms with Crippen molar-refractivity contribution >= 4 is 11.9 Å². The van der Waals surface area contributed by atoms with Gasteiger partial charge in [-0.2, -0.15) is 0 Å². The third kappa shape index (κ3) is 6.15. The Kier molecular flexibility index (Phi) is 6.46. The molecule has 0 bridgehead atoms. The average Bonchev–Trinajstić information content (AvgIpc) is 2.39. The van der Waals surface area contributed by atoms with Gasteiger partial charge in [0.05, 0.1) is 12.7 Å². The third-order valence-electron chi connectivity index (χ3n) is 2.22. The van der Waals surface area contributed by atoms with Gasteiger partial charge in [-0.15, -0.1) is 0 Å². The fourth-order valence-electron chi connectivity index (χ4n) is 1.38. The fraction of sp³-hybridized carbons (Fsp3) is 0.333. The molecule has 0 fully saturated rings. The van der Waals surface area contributed by atoms with Crippen molar-refractivity contribution in [1.82, 2.24) is 5.32 Å². The van der Waals surface area contributed by atoms with Gasteiger partial charge in [0.25, 0.3) is 5.91 Å². The maximum absolute atomic E-state index is 11.5. The van der Waals surface area contributed by atoms with Gasteiger partial charge in [-0.3, -0.25) is 4.79 Å². The summed E-state index contributed by atoms with van der Waals surface area (Å²) in [6, 6.07) is 9.49. The van der Waals surface area contributed by atoms with Gasteiger partial charge in [0.1, 0.15) is 12.3 Å². The number of ether oxygens (including phenoxy) is 2. The second kappa shape index (κ2) is 8.12. The average molecular weight is 277 g/mol. The van der Waals surface area contributed by atoms with E-state index in [0.717, 1.165) is 5.56 Å². The van der Waals surface area contributed by atoms with Gasteiger partial charge >= 0.3 is 5.97 Å². The lowest BCUT2D eigenvalue weighted by molar-refractivity contribution is -0.144. The molecule has 1 N–H and O–H groups in total. The van der Waals surface area contributed by atoms with E-state index >= 15 is 0 Å². The largest absolute Gasteiger partial charge is 0.458 e. The molecule has 1 aromatic rings. The highest BCUT2D eigenvalue weighted by Crippen LogP contribution is 2.00. The van der Waals surface area contributed by atoms with Crippen LogP contribution in [-0.4, -0.2) is 24.6 Å². The molecule has 1 amide bonds. The summed E-state index contributed by atoms with van der Waals surface area (Å²) in [5.41, 5.74) is 0.880. The zero-order chi connectivity index (χ0) is 15.0. The summed E-state index contributed by atoms with van der Waals surface area (Å²) in [4.78, 5) is 22.9. The van der Waals surface area contributed by atoms with E-state index in [-0.39, 0.29) is 18.4 Å². The third-order valence-corrected chi connectivity index (χ3v) is 2.22. The number of benzene rings is 1. The summed E-state index contributed by atoms with van der Waals surface area (Å²) in [7, 11) is 0. The first-order chi connectivity index (χ1) is 9.49. The minimum atomic E-state index is -0.642. The number of carbonyl (C=O) groups is 2. The van der Waals surface area contributed by atoms with Crippen LogP contribution in [0.15, 0.2) is 42.6 Å². The lowest BCUT2D eigenvalue weighted by Crippen LogP contribution is -2.31. The smallest absolute Gasteiger partial charge is 0.354 e. The maximum Gasteiger partial charge on any atom is 0.354 e. The van der Waals surface area contributed by atoms with Crippen molar-refractivity contribution in [3.05, 3.63) is 48.2 Å². The van der Waals surface area contributed by atoms with Gasteiger partial charge < -0.3 is 14.8 Å². The predicted molar refractivity (Wildman–Crippen MR) is 74.6 cm³/mol. The van der Waals surface area contributed by atoms with Crippen LogP contribution in [-0.2, 0) is 25.7 Å². The Morgan fingerprint density at radius 1 is 1.25 bits per heavy atom. The zero-order valence-corrected chi connectivity index (χ0v) is 11.7. The summed E-state index contributed by atoms with van der Waals surface area (Å²) in [5.74, 6) is -1.08. The number of hydrogen-bond donors (Lipinski definition) is 1. The molecule has 0 unspecified atom stereocenters. The van der Waals surface area contributed by atoms with Crippen molar-refractivity contribution in [2.45, 2.75) is 26.6 Å². The van der Waals surface area contributed by atoms with Crippen LogP contribution in [0, 0.1) is 0 Å². The Morgan fingerprint density at radius 3 is 2.50 bits per heavy atom. The summed E-state index contributed by atoms with van der Waals surface area (Å²) < 4.78 is 10.1. The Labute approximate surface area is 118 Å². The summed E-state index contributed by atoms with van der Waals surface area (Å²) in [6.07, 6.45) is -0.259. The molecule has 108 valence electrons. The maximum atomic E-state index is 11.5. The van der Waals surface area contributed by atoms with Crippen LogP contribution in [0.5, 0.6) is 0 Å². The van der Waals surface area contributed by atoms with Crippen molar-refractivity contribution in [3.8, 4) is 0 Å². The number of hydrogen-bond acceptors (Lipinski definition) is 4. The second-order valence-electron chi connectivity index (χ2n) is 4.46. The van der Waals surface area contributed by atoms with E-state index in [9.17, 15) is 9.59 Å². The van der Waals surface area contributed by atoms with Gasteiger partial charge in [0.2, 0.25) is 0 Å². The highest BCUT2D eigenvalue weighted by molar-refractivity contribution is 5.93. The van der Waals surface area contributed by atoms with Crippen LogP contribution in [0.1, 0.15) is 19.4 Å². The van der Waals surface area contributed by atoms with Gasteiger partial charge in [-0.1, -0.05) is 36.9 Å². The molecule has 20 heavy (non-hydrogen) atoms. The quantitative estimate of drug-likeness (QED) is 0.609. The van der Waals surface area contributed by atoms with E-state index in [1.165, 1.54) is 0 Å². The Hall–Kier alpha value is -2.14. The lowest BCUT2D eigenvalue weighted by Gasteiger charge is -2.11. The van der Waals surface area contributed by atoms with Crippen molar-refractivity contribution < 1.29 is 19.1 Å². The molecule has 1 rings (SSSR count). The van der Waals surface area contributed by atoms with E-state index in [2.05, 4.69) is 11.9 Å². The molecule has 5 heteroatoms. The van der Waals surface area contributed by atoms with Gasteiger partial charge in [-0.05, 0) is 19.4 Å². The zero-order valence-electron chi connectivity index (χ0n) is 11.7. The summed E-state index contributed by atoms with van der Waals surface area (Å²) in [5, 5.41) is 2.34. The number of carbonyl (C=O) groups excluding carboxylic acids is 2. The minimum absolute atomic E-state index is 0.0907. The summed E-state index contributed by atoms with van der Waals surface area (Å²) >= 11 is 0. The molecular weight excluding hydrogens is 258 g/mol. The van der Waals surface area contributed by atoms with E-state index < -0.39 is 11.9 Å². The normalized spacial score (nSPS) is 10.2. The molecule has 0 aliphatic carbocycles. The predicted octanol–water partition coefficient (Wildman–Crippen LogP) is 1.78. The first kappa shape index (κ1) is 15.9. The molecule has 0 aromatic heterocycles. The number of nitrogens with one attached hydrogen (secondary N) is 1. The van der Waals surface area contributed by atoms with Crippen LogP contribution in [0.25, 0.3) is 0 Å². The molecule has 0 heterocycles. The molecule has 1 aromatic carbocycles. The van der Waals surface area contributed by atoms with E-state index in [1.54, 1.807) is 13.8 Å². The number of amides is 1. The molecule has 0 aliphatic rings. The Bertz CT molecular complexity index is 468. The number of esters is 1. The topological polar surface area (TPSA) is 64.6 Å². The molecule has 0 aliphatic heterocycles. The molecule has 0 saturated heterocycles. The van der Waals surface area contributed by atoms with Crippen molar-refractivity contribution in [1.29, 1.82) is 0 Å². The molecule has 0 spiro atoms. The molecule has 0 radical (unpaired) electrons. The first-order valence-electron chi connectivity index (χ1n) is 6.30. The monoisotopic (exact) mass is 277 g/mol. The fourth-order valence-corrected chi connectivity index (χ4v) is 1.38. The van der Waals surface area contributed by atoms with Crippen molar-refractivity contribution in [2.24, 2.45) is 0 Å². The van der Waals surface area contributed by atoms with Gasteiger partial charge in [-0.25, -0.2) is 4.79 Å². The van der Waals surface area contributed by atoms with E-state index in [0.29, 0.717) is 6.61 Å². The Morgan fingerprint density at radius 2 is 1.90 bits per heavy atom. The van der Waals surface area contributed by atoms with E-state index in [4.69, 9.17) is 9.47 Å². The van der Waals surface area contributed by atoms with Crippen LogP contribution >= 0.6 is 0 Å². The van der Waals surface area contributed by atoms with Gasteiger partial charge in [0.15, 0.2) is 0 Å². The minimum Gasteiger partial charge on any atom is -0.458 e. The first-order valence-corrected chi connectivity index (χ1v) is 6.30. The van der Waals surface area contributed by atoms with E-state index in [1.807, 2.05) is 30.3 Å². The Balaban J connectivity index is 2.26. The van der Waals surface area contributed by atoms with Crippen LogP contribution in [0.4, 0.5) is 0 Å². The standard InChI is InChI=1S/C15H19NO4/c1-11(2)20-15(18)12(3)16-14(17)10-19-9-13-7-5-4-6-8-13/h4-8,11H,3,9-10H2,1-2H3,(H,16,17). The summed E-state index contributed by atoms with van der Waals surface area (Å²) in [6.45, 7) is 7.07. The molecule has 5 nitrogen and oxygen atoms in total. The van der Waals surface area contributed by atoms with Crippen LogP contribution in [0.3, 0.4) is 0 Å². The van der Waals surface area contributed by atoms with Gasteiger partial charge in [0, 0.05) is 0 Å². The highest BCUT2D eigenvalue weighted by atomic mass is 16.5. The second-order valence-corrected chi connectivity index (χ2v) is 4.46. The molecular formula is C15H19NO4. The van der Waals surface area contributed by atoms with Crippen LogP contribution < -0.4 is 5.32 Å². The van der Waals surface area contributed by atoms with Crippen molar-refractivity contribution in [3.63, 3.8) is 0 Å². The SMILES string of the molecule is C=C(NC(=O)COCc1ccccc1)C(=O)OC(C)C. The number of rotatable bonds is 7.